The third-order valence-corrected chi connectivity index (χ3v) is 3.41. The molecule has 96 valence electrons. The summed E-state index contributed by atoms with van der Waals surface area (Å²) in [6.45, 7) is 0.824. The molecular weight excluding hydrogens is 220 g/mol. The van der Waals surface area contributed by atoms with Crippen LogP contribution in [0.2, 0.25) is 0 Å². The van der Waals surface area contributed by atoms with E-state index in [1.54, 1.807) is 0 Å². The molecule has 0 heterocycles. The van der Waals surface area contributed by atoms with E-state index in [0.29, 0.717) is 12.0 Å². The predicted octanol–water partition coefficient (Wildman–Crippen LogP) is 0.580. The summed E-state index contributed by atoms with van der Waals surface area (Å²) in [6, 6.07) is -0.274. The average Bonchev–Trinajstić information content (AvgIpc) is 3.13. The van der Waals surface area contributed by atoms with Crippen molar-refractivity contribution in [3.63, 3.8) is 0 Å². The largest absolute Gasteiger partial charge is 0.481 e. The average molecular weight is 240 g/mol. The summed E-state index contributed by atoms with van der Waals surface area (Å²) in [4.78, 5) is 24.5. The highest BCUT2D eigenvalue weighted by Gasteiger charge is 2.37. The fourth-order valence-corrected chi connectivity index (χ4v) is 2.00. The molecule has 2 aliphatic rings. The normalized spacial score (nSPS) is 21.0. The standard InChI is InChI=1S/C12H20N2O3/c13-10(5-6-11(15)16)12(17)14(9-3-4-9)7-8-1-2-8/h8-10H,1-7,13H2,(H,15,16). The van der Waals surface area contributed by atoms with Gasteiger partial charge in [-0.1, -0.05) is 0 Å². The Morgan fingerprint density at radius 1 is 1.29 bits per heavy atom. The van der Waals surface area contributed by atoms with Crippen molar-refractivity contribution >= 4 is 11.9 Å². The van der Waals surface area contributed by atoms with Crippen LogP contribution in [0.25, 0.3) is 0 Å². The van der Waals surface area contributed by atoms with Crippen LogP contribution >= 0.6 is 0 Å². The maximum absolute atomic E-state index is 12.1. The molecule has 1 atom stereocenters. The Kier molecular flexibility index (Phi) is 3.66. The van der Waals surface area contributed by atoms with Gasteiger partial charge in [0, 0.05) is 19.0 Å². The lowest BCUT2D eigenvalue weighted by Crippen LogP contribution is -2.46. The lowest BCUT2D eigenvalue weighted by Gasteiger charge is -2.25. The van der Waals surface area contributed by atoms with E-state index < -0.39 is 12.0 Å². The molecule has 0 aromatic rings. The second kappa shape index (κ2) is 5.04. The molecule has 0 aromatic heterocycles. The lowest BCUT2D eigenvalue weighted by atomic mass is 10.1. The maximum Gasteiger partial charge on any atom is 0.303 e. The van der Waals surface area contributed by atoms with Crippen LogP contribution in [0.4, 0.5) is 0 Å². The molecule has 1 amide bonds. The van der Waals surface area contributed by atoms with Crippen molar-refractivity contribution in [2.75, 3.05) is 6.54 Å². The van der Waals surface area contributed by atoms with Gasteiger partial charge in [0.1, 0.15) is 0 Å². The van der Waals surface area contributed by atoms with Gasteiger partial charge in [0.15, 0.2) is 0 Å². The van der Waals surface area contributed by atoms with Gasteiger partial charge in [-0.3, -0.25) is 9.59 Å². The maximum atomic E-state index is 12.1. The van der Waals surface area contributed by atoms with Crippen molar-refractivity contribution in [2.24, 2.45) is 11.7 Å². The van der Waals surface area contributed by atoms with Crippen LogP contribution in [-0.4, -0.2) is 40.5 Å². The molecule has 5 heteroatoms. The van der Waals surface area contributed by atoms with Gasteiger partial charge >= 0.3 is 5.97 Å². The van der Waals surface area contributed by atoms with Gasteiger partial charge in [0.05, 0.1) is 6.04 Å². The van der Waals surface area contributed by atoms with Crippen LogP contribution in [0, 0.1) is 5.92 Å². The number of carbonyl (C=O) groups excluding carboxylic acids is 1. The predicted molar refractivity (Wildman–Crippen MR) is 62.3 cm³/mol. The van der Waals surface area contributed by atoms with Crippen LogP contribution < -0.4 is 5.73 Å². The molecule has 0 aliphatic heterocycles. The summed E-state index contributed by atoms with van der Waals surface area (Å²) in [5.41, 5.74) is 5.77. The van der Waals surface area contributed by atoms with Gasteiger partial charge in [-0.15, -0.1) is 0 Å². The minimum Gasteiger partial charge on any atom is -0.481 e. The lowest BCUT2D eigenvalue weighted by molar-refractivity contribution is -0.137. The monoisotopic (exact) mass is 240 g/mol. The number of nitrogens with two attached hydrogens (primary N) is 1. The van der Waals surface area contributed by atoms with Gasteiger partial charge in [-0.25, -0.2) is 0 Å². The van der Waals surface area contributed by atoms with E-state index in [0.717, 1.165) is 19.4 Å². The minimum atomic E-state index is -0.895. The fourth-order valence-electron chi connectivity index (χ4n) is 2.00. The van der Waals surface area contributed by atoms with E-state index in [2.05, 4.69) is 0 Å². The fraction of sp³-hybridized carbons (Fsp3) is 0.833. The summed E-state index contributed by atoms with van der Waals surface area (Å²) in [5.74, 6) is -0.291. The number of nitrogens with zero attached hydrogens (tertiary/aromatic N) is 1. The van der Waals surface area contributed by atoms with Crippen LogP contribution in [0.5, 0.6) is 0 Å². The van der Waals surface area contributed by atoms with Gasteiger partial charge in [-0.05, 0) is 38.0 Å². The molecule has 0 bridgehead atoms. The molecule has 2 aliphatic carbocycles. The minimum absolute atomic E-state index is 0.0329. The van der Waals surface area contributed by atoms with Gasteiger partial charge in [0.2, 0.25) is 5.91 Å². The highest BCUT2D eigenvalue weighted by molar-refractivity contribution is 5.83. The topological polar surface area (TPSA) is 83.6 Å². The van der Waals surface area contributed by atoms with Crippen molar-refractivity contribution in [1.29, 1.82) is 0 Å². The van der Waals surface area contributed by atoms with E-state index in [1.165, 1.54) is 12.8 Å². The first-order valence-corrected chi connectivity index (χ1v) is 6.35. The van der Waals surface area contributed by atoms with Crippen LogP contribution in [0.3, 0.4) is 0 Å². The van der Waals surface area contributed by atoms with Crippen molar-refractivity contribution < 1.29 is 14.7 Å². The summed E-state index contributed by atoms with van der Waals surface area (Å²) in [5, 5.41) is 8.58. The number of aliphatic carboxylic acids is 1. The Balaban J connectivity index is 1.83. The van der Waals surface area contributed by atoms with E-state index >= 15 is 0 Å². The molecule has 3 N–H and O–H groups in total. The van der Waals surface area contributed by atoms with E-state index in [1.807, 2.05) is 4.90 Å². The molecule has 1 unspecified atom stereocenters. The molecule has 2 rings (SSSR count). The SMILES string of the molecule is NC(CCC(=O)O)C(=O)N(CC1CC1)C1CC1. The third-order valence-electron chi connectivity index (χ3n) is 3.41. The quantitative estimate of drug-likeness (QED) is 0.681. The second-order valence-electron chi connectivity index (χ2n) is 5.20. The first kappa shape index (κ1) is 12.4. The molecular formula is C12H20N2O3. The van der Waals surface area contributed by atoms with E-state index in [4.69, 9.17) is 10.8 Å². The molecule has 5 nitrogen and oxygen atoms in total. The summed E-state index contributed by atoms with van der Waals surface area (Å²) in [6.07, 6.45) is 4.77. The van der Waals surface area contributed by atoms with Crippen molar-refractivity contribution in [3.05, 3.63) is 0 Å². The van der Waals surface area contributed by atoms with Crippen molar-refractivity contribution in [2.45, 2.75) is 50.6 Å². The van der Waals surface area contributed by atoms with Gasteiger partial charge in [-0.2, -0.15) is 0 Å². The number of amides is 1. The van der Waals surface area contributed by atoms with E-state index in [-0.39, 0.29) is 18.7 Å². The number of carboxylic acids is 1. The molecule has 2 fully saturated rings. The summed E-state index contributed by atoms with van der Waals surface area (Å²) in [7, 11) is 0. The molecule has 0 radical (unpaired) electrons. The molecule has 17 heavy (non-hydrogen) atoms. The number of rotatable bonds is 7. The first-order valence-electron chi connectivity index (χ1n) is 6.35. The van der Waals surface area contributed by atoms with Crippen LogP contribution in [0.15, 0.2) is 0 Å². The molecule has 2 saturated carbocycles. The summed E-state index contributed by atoms with van der Waals surface area (Å²) < 4.78 is 0. The molecule has 0 aromatic carbocycles. The Morgan fingerprint density at radius 2 is 1.94 bits per heavy atom. The zero-order valence-corrected chi connectivity index (χ0v) is 9.97. The number of hydrogen-bond acceptors (Lipinski definition) is 3. The van der Waals surface area contributed by atoms with Gasteiger partial charge < -0.3 is 15.7 Å². The highest BCUT2D eigenvalue weighted by atomic mass is 16.4. The third kappa shape index (κ3) is 3.70. The number of carboxylic acid groups (broad SMARTS) is 1. The van der Waals surface area contributed by atoms with Crippen LogP contribution in [0.1, 0.15) is 38.5 Å². The Bertz CT molecular complexity index is 311. The molecule has 0 saturated heterocycles. The van der Waals surface area contributed by atoms with Gasteiger partial charge in [0.25, 0.3) is 0 Å². The number of hydrogen-bond donors (Lipinski definition) is 2. The summed E-state index contributed by atoms with van der Waals surface area (Å²) >= 11 is 0. The Morgan fingerprint density at radius 3 is 2.41 bits per heavy atom. The first-order chi connectivity index (χ1) is 8.08. The van der Waals surface area contributed by atoms with Crippen molar-refractivity contribution in [1.82, 2.24) is 4.90 Å². The Hall–Kier alpha value is -1.10. The highest BCUT2D eigenvalue weighted by Crippen LogP contribution is 2.35. The van der Waals surface area contributed by atoms with E-state index in [9.17, 15) is 9.59 Å². The molecule has 0 spiro atoms. The Labute approximate surface area is 101 Å². The zero-order chi connectivity index (χ0) is 12.4. The number of carbonyl (C=O) groups is 2. The van der Waals surface area contributed by atoms with Crippen molar-refractivity contribution in [3.8, 4) is 0 Å². The smallest absolute Gasteiger partial charge is 0.303 e. The zero-order valence-electron chi connectivity index (χ0n) is 9.97. The van der Waals surface area contributed by atoms with Crippen LogP contribution in [-0.2, 0) is 9.59 Å². The second-order valence-corrected chi connectivity index (χ2v) is 5.20.